The van der Waals surface area contributed by atoms with Crippen LogP contribution in [-0.2, 0) is 17.3 Å². The predicted octanol–water partition coefficient (Wildman–Crippen LogP) is 11.2. The fourth-order valence-corrected chi connectivity index (χ4v) is 8.25. The standard InChI is InChI=1S/C44H42O2S/c1-5-32-28-38(30-40(42(32)46)44(6-2,35-23-15-9-16-24-35)36-25-17-10-18-26-36)47-37-27-31(3)41(45)39(29-37)43(4,33-19-11-7-12-20-33)34-21-13-8-14-22-34/h7-30,45-46H,5-6H2,1-4H3. The Hall–Kier alpha value is -4.73. The average Bonchev–Trinajstić information content (AvgIpc) is 3.12. The first kappa shape index (κ1) is 32.2. The number of aryl methyl sites for hydroxylation is 2. The molecular formula is C44H42O2S. The van der Waals surface area contributed by atoms with E-state index >= 15 is 0 Å². The molecule has 0 atom stereocenters. The molecule has 0 aliphatic heterocycles. The van der Waals surface area contributed by atoms with Crippen LogP contribution in [0.4, 0.5) is 0 Å². The van der Waals surface area contributed by atoms with Gasteiger partial charge in [0.25, 0.3) is 0 Å². The molecule has 0 bridgehead atoms. The van der Waals surface area contributed by atoms with Crippen molar-refractivity contribution >= 4 is 11.8 Å². The van der Waals surface area contributed by atoms with Crippen molar-refractivity contribution in [2.45, 2.75) is 61.2 Å². The summed E-state index contributed by atoms with van der Waals surface area (Å²) in [5.74, 6) is 0.665. The molecule has 236 valence electrons. The van der Waals surface area contributed by atoms with Crippen molar-refractivity contribution in [1.29, 1.82) is 0 Å². The van der Waals surface area contributed by atoms with E-state index in [1.807, 2.05) is 31.2 Å². The van der Waals surface area contributed by atoms with Gasteiger partial charge < -0.3 is 10.2 Å². The van der Waals surface area contributed by atoms with Crippen molar-refractivity contribution in [2.75, 3.05) is 0 Å². The van der Waals surface area contributed by atoms with Crippen LogP contribution in [0, 0.1) is 6.92 Å². The van der Waals surface area contributed by atoms with Crippen LogP contribution in [0.2, 0.25) is 0 Å². The molecule has 0 saturated heterocycles. The van der Waals surface area contributed by atoms with Crippen LogP contribution in [0.15, 0.2) is 155 Å². The minimum atomic E-state index is -0.583. The minimum Gasteiger partial charge on any atom is -0.507 e. The molecule has 0 unspecified atom stereocenters. The summed E-state index contributed by atoms with van der Waals surface area (Å²) in [6, 6.07) is 50.4. The van der Waals surface area contributed by atoms with Gasteiger partial charge in [0.15, 0.2) is 0 Å². The van der Waals surface area contributed by atoms with Crippen molar-refractivity contribution in [1.82, 2.24) is 0 Å². The van der Waals surface area contributed by atoms with E-state index < -0.39 is 10.8 Å². The largest absolute Gasteiger partial charge is 0.507 e. The van der Waals surface area contributed by atoms with Gasteiger partial charge in [0.2, 0.25) is 0 Å². The summed E-state index contributed by atoms with van der Waals surface area (Å²) in [7, 11) is 0. The van der Waals surface area contributed by atoms with Gasteiger partial charge in [-0.25, -0.2) is 0 Å². The molecule has 6 rings (SSSR count). The van der Waals surface area contributed by atoms with Gasteiger partial charge >= 0.3 is 0 Å². The van der Waals surface area contributed by atoms with Crippen LogP contribution in [0.25, 0.3) is 0 Å². The number of hydrogen-bond donors (Lipinski definition) is 2. The fraction of sp³-hybridized carbons (Fsp3) is 0.182. The first-order chi connectivity index (χ1) is 22.8. The minimum absolute atomic E-state index is 0.309. The molecule has 0 saturated carbocycles. The smallest absolute Gasteiger partial charge is 0.123 e. The Morgan fingerprint density at radius 2 is 0.957 bits per heavy atom. The molecule has 0 spiro atoms. The quantitative estimate of drug-likeness (QED) is 0.147. The van der Waals surface area contributed by atoms with Crippen molar-refractivity contribution in [3.05, 3.63) is 190 Å². The van der Waals surface area contributed by atoms with Gasteiger partial charge in [0.05, 0.1) is 0 Å². The Morgan fingerprint density at radius 3 is 1.40 bits per heavy atom. The summed E-state index contributed by atoms with van der Waals surface area (Å²) in [6.07, 6.45) is 1.48. The maximum Gasteiger partial charge on any atom is 0.123 e. The lowest BCUT2D eigenvalue weighted by atomic mass is 9.67. The summed E-state index contributed by atoms with van der Waals surface area (Å²) < 4.78 is 0. The van der Waals surface area contributed by atoms with E-state index in [0.29, 0.717) is 17.9 Å². The first-order valence-corrected chi connectivity index (χ1v) is 17.2. The van der Waals surface area contributed by atoms with E-state index in [2.05, 4.69) is 142 Å². The van der Waals surface area contributed by atoms with Gasteiger partial charge in [0.1, 0.15) is 11.5 Å². The maximum atomic E-state index is 11.9. The van der Waals surface area contributed by atoms with E-state index in [1.165, 1.54) is 0 Å². The lowest BCUT2D eigenvalue weighted by Gasteiger charge is -2.36. The van der Waals surface area contributed by atoms with Crippen LogP contribution in [-0.4, -0.2) is 10.2 Å². The SMILES string of the molecule is CCc1cc(Sc2cc(C)c(O)c(C(C)(c3ccccc3)c3ccccc3)c2)cc(C(CC)(c2ccccc2)c2ccccc2)c1O. The summed E-state index contributed by atoms with van der Waals surface area (Å²) in [6.45, 7) is 8.48. The maximum absolute atomic E-state index is 11.9. The third-order valence-electron chi connectivity index (χ3n) is 9.82. The third kappa shape index (κ3) is 5.85. The number of phenols is 2. The Labute approximate surface area is 283 Å². The zero-order valence-corrected chi connectivity index (χ0v) is 28.4. The van der Waals surface area contributed by atoms with Crippen LogP contribution in [0.1, 0.15) is 71.7 Å². The number of benzene rings is 6. The summed E-state index contributed by atoms with van der Waals surface area (Å²) in [4.78, 5) is 2.09. The second-order valence-electron chi connectivity index (χ2n) is 12.4. The highest BCUT2D eigenvalue weighted by Gasteiger charge is 2.38. The Balaban J connectivity index is 1.53. The third-order valence-corrected chi connectivity index (χ3v) is 10.8. The molecule has 0 radical (unpaired) electrons. The lowest BCUT2D eigenvalue weighted by Crippen LogP contribution is -2.29. The van der Waals surface area contributed by atoms with E-state index in [1.54, 1.807) is 11.8 Å². The molecule has 0 fully saturated rings. The second-order valence-corrected chi connectivity index (χ2v) is 13.6. The fourth-order valence-electron chi connectivity index (χ4n) is 7.18. The molecule has 6 aromatic carbocycles. The van der Waals surface area contributed by atoms with Crippen molar-refractivity contribution < 1.29 is 10.2 Å². The molecule has 0 amide bonds. The van der Waals surface area contributed by atoms with Gasteiger partial charge in [0, 0.05) is 31.7 Å². The van der Waals surface area contributed by atoms with E-state index in [4.69, 9.17) is 0 Å². The van der Waals surface area contributed by atoms with Gasteiger partial charge in [-0.05, 0) is 84.3 Å². The van der Waals surface area contributed by atoms with E-state index in [-0.39, 0.29) is 0 Å². The molecule has 2 N–H and O–H groups in total. The van der Waals surface area contributed by atoms with Crippen LogP contribution in [0.5, 0.6) is 11.5 Å². The monoisotopic (exact) mass is 634 g/mol. The van der Waals surface area contributed by atoms with Crippen molar-refractivity contribution in [3.63, 3.8) is 0 Å². The molecule has 3 heteroatoms. The average molecular weight is 635 g/mol. The summed E-state index contributed by atoms with van der Waals surface area (Å²) in [5, 5.41) is 23.6. The molecule has 6 aromatic rings. The van der Waals surface area contributed by atoms with Gasteiger partial charge in [-0.1, -0.05) is 147 Å². The van der Waals surface area contributed by atoms with Crippen LogP contribution >= 0.6 is 11.8 Å². The van der Waals surface area contributed by atoms with Gasteiger partial charge in [-0.3, -0.25) is 0 Å². The number of aromatic hydroxyl groups is 2. The van der Waals surface area contributed by atoms with Crippen LogP contribution in [0.3, 0.4) is 0 Å². The zero-order chi connectivity index (χ0) is 33.0. The van der Waals surface area contributed by atoms with Crippen LogP contribution < -0.4 is 0 Å². The molecular weight excluding hydrogens is 593 g/mol. The molecule has 47 heavy (non-hydrogen) atoms. The van der Waals surface area contributed by atoms with Gasteiger partial charge in [-0.15, -0.1) is 0 Å². The molecule has 0 aliphatic rings. The molecule has 0 heterocycles. The van der Waals surface area contributed by atoms with Crippen molar-refractivity contribution in [3.8, 4) is 11.5 Å². The highest BCUT2D eigenvalue weighted by atomic mass is 32.2. The number of phenolic OH excluding ortho intramolecular Hbond substituents is 2. The molecule has 2 nitrogen and oxygen atoms in total. The predicted molar refractivity (Wildman–Crippen MR) is 196 cm³/mol. The lowest BCUT2D eigenvalue weighted by molar-refractivity contribution is 0.442. The summed E-state index contributed by atoms with van der Waals surface area (Å²) >= 11 is 1.68. The van der Waals surface area contributed by atoms with Crippen molar-refractivity contribution in [2.24, 2.45) is 0 Å². The highest BCUT2D eigenvalue weighted by Crippen LogP contribution is 2.50. The van der Waals surface area contributed by atoms with Gasteiger partial charge in [-0.2, -0.15) is 0 Å². The summed E-state index contributed by atoms with van der Waals surface area (Å²) in [5.41, 5.74) is 6.93. The normalized spacial score (nSPS) is 11.8. The first-order valence-electron chi connectivity index (χ1n) is 16.4. The number of hydrogen-bond acceptors (Lipinski definition) is 3. The zero-order valence-electron chi connectivity index (χ0n) is 27.6. The Bertz CT molecular complexity index is 1870. The van der Waals surface area contributed by atoms with E-state index in [9.17, 15) is 10.2 Å². The Kier molecular flexibility index (Phi) is 9.29. The molecule has 0 aromatic heterocycles. The Morgan fingerprint density at radius 1 is 0.532 bits per heavy atom. The van der Waals surface area contributed by atoms with E-state index in [0.717, 1.165) is 60.7 Å². The topological polar surface area (TPSA) is 40.5 Å². The molecule has 0 aliphatic carbocycles. The second kappa shape index (κ2) is 13.6. The highest BCUT2D eigenvalue weighted by molar-refractivity contribution is 7.99. The number of rotatable bonds is 10.